The van der Waals surface area contributed by atoms with E-state index in [-0.39, 0.29) is 28.5 Å². The van der Waals surface area contributed by atoms with E-state index in [0.29, 0.717) is 11.1 Å². The molecule has 1 N–H and O–H groups in total. The van der Waals surface area contributed by atoms with Crippen LogP contribution in [0, 0.1) is 6.92 Å². The lowest BCUT2D eigenvalue weighted by Crippen LogP contribution is -2.13. The van der Waals surface area contributed by atoms with Crippen molar-refractivity contribution in [2.75, 3.05) is 11.1 Å². The highest BCUT2D eigenvalue weighted by Gasteiger charge is 2.15. The quantitative estimate of drug-likeness (QED) is 0.739. The van der Waals surface area contributed by atoms with E-state index < -0.39 is 9.84 Å². The summed E-state index contributed by atoms with van der Waals surface area (Å²) in [6.07, 6.45) is 0. The van der Waals surface area contributed by atoms with Gasteiger partial charge in [0, 0.05) is 11.1 Å². The van der Waals surface area contributed by atoms with E-state index in [9.17, 15) is 13.2 Å². The van der Waals surface area contributed by atoms with Gasteiger partial charge in [-0.25, -0.2) is 8.42 Å². The third-order valence-electron chi connectivity index (χ3n) is 3.88. The molecule has 0 saturated carbocycles. The van der Waals surface area contributed by atoms with Gasteiger partial charge in [-0.1, -0.05) is 30.2 Å². The second kappa shape index (κ2) is 7.09. The van der Waals surface area contributed by atoms with Crippen LogP contribution in [0.2, 0.25) is 0 Å². The van der Waals surface area contributed by atoms with Crippen LogP contribution in [0.5, 0.6) is 0 Å². The number of sulfone groups is 1. The summed E-state index contributed by atoms with van der Waals surface area (Å²) in [5.74, 6) is -0.129. The number of carbonyl (C=O) groups excluding carboxylic acids is 1. The Labute approximate surface area is 151 Å². The number of amides is 1. The first-order valence-electron chi connectivity index (χ1n) is 7.94. The van der Waals surface area contributed by atoms with Crippen molar-refractivity contribution in [1.82, 2.24) is 10.2 Å². The fourth-order valence-corrected chi connectivity index (χ4v) is 3.24. The van der Waals surface area contributed by atoms with E-state index in [2.05, 4.69) is 15.5 Å². The van der Waals surface area contributed by atoms with E-state index in [1.165, 1.54) is 12.1 Å². The van der Waals surface area contributed by atoms with E-state index in [0.717, 1.165) is 5.56 Å². The number of rotatable bonds is 5. The summed E-state index contributed by atoms with van der Waals surface area (Å²) in [6, 6.07) is 13.3. The molecule has 1 aromatic heterocycles. The molecule has 0 saturated heterocycles. The maximum absolute atomic E-state index is 12.3. The second-order valence-electron chi connectivity index (χ2n) is 5.61. The first kappa shape index (κ1) is 17.8. The molecule has 1 amide bonds. The lowest BCUT2D eigenvalue weighted by Gasteiger charge is -2.03. The number of carbonyl (C=O) groups is 1. The lowest BCUT2D eigenvalue weighted by molar-refractivity contribution is 0.102. The van der Waals surface area contributed by atoms with Crippen LogP contribution >= 0.6 is 0 Å². The monoisotopic (exact) mass is 371 g/mol. The molecule has 3 rings (SSSR count). The van der Waals surface area contributed by atoms with Crippen LogP contribution in [-0.4, -0.2) is 30.3 Å². The molecule has 1 heterocycles. The van der Waals surface area contributed by atoms with Gasteiger partial charge in [0.05, 0.1) is 10.6 Å². The zero-order valence-corrected chi connectivity index (χ0v) is 15.1. The average Bonchev–Trinajstić information content (AvgIpc) is 3.10. The number of aryl methyl sites for hydroxylation is 1. The van der Waals surface area contributed by atoms with Crippen LogP contribution < -0.4 is 5.32 Å². The Kier molecular flexibility index (Phi) is 4.85. The third kappa shape index (κ3) is 3.65. The highest BCUT2D eigenvalue weighted by molar-refractivity contribution is 7.91. The fraction of sp³-hybridized carbons (Fsp3) is 0.167. The molecule has 0 spiro atoms. The van der Waals surface area contributed by atoms with Crippen molar-refractivity contribution in [3.05, 3.63) is 59.7 Å². The van der Waals surface area contributed by atoms with E-state index >= 15 is 0 Å². The maximum atomic E-state index is 12.3. The number of aromatic nitrogens is 2. The molecule has 0 aliphatic heterocycles. The minimum atomic E-state index is -3.27. The van der Waals surface area contributed by atoms with Crippen molar-refractivity contribution < 1.29 is 17.6 Å². The van der Waals surface area contributed by atoms with Crippen LogP contribution in [0.1, 0.15) is 22.8 Å². The van der Waals surface area contributed by atoms with Gasteiger partial charge in [0.25, 0.3) is 5.91 Å². The number of hydrogen-bond acceptors (Lipinski definition) is 6. The second-order valence-corrected chi connectivity index (χ2v) is 7.89. The van der Waals surface area contributed by atoms with Crippen LogP contribution in [0.25, 0.3) is 11.5 Å². The normalized spacial score (nSPS) is 11.3. The van der Waals surface area contributed by atoms with Gasteiger partial charge in [0.2, 0.25) is 5.89 Å². The van der Waals surface area contributed by atoms with Crippen molar-refractivity contribution >= 4 is 21.8 Å². The Hall–Kier alpha value is -3.00. The molecule has 134 valence electrons. The van der Waals surface area contributed by atoms with Gasteiger partial charge in [-0.05, 0) is 42.8 Å². The lowest BCUT2D eigenvalue weighted by atomic mass is 10.1. The Morgan fingerprint density at radius 3 is 2.42 bits per heavy atom. The number of hydrogen-bond donors (Lipinski definition) is 1. The van der Waals surface area contributed by atoms with E-state index in [1.807, 2.05) is 19.1 Å². The van der Waals surface area contributed by atoms with E-state index in [1.54, 1.807) is 31.2 Å². The van der Waals surface area contributed by atoms with Gasteiger partial charge in [-0.2, -0.15) is 0 Å². The molecule has 0 aliphatic rings. The molecule has 8 heteroatoms. The summed E-state index contributed by atoms with van der Waals surface area (Å²) in [5, 5.41) is 10.3. The average molecular weight is 371 g/mol. The van der Waals surface area contributed by atoms with Crippen LogP contribution in [-0.2, 0) is 9.84 Å². The van der Waals surface area contributed by atoms with Crippen molar-refractivity contribution in [3.8, 4) is 11.5 Å². The molecule has 0 radical (unpaired) electrons. The van der Waals surface area contributed by atoms with Crippen molar-refractivity contribution in [2.45, 2.75) is 18.7 Å². The fourth-order valence-electron chi connectivity index (χ4n) is 2.35. The van der Waals surface area contributed by atoms with Crippen LogP contribution in [0.4, 0.5) is 6.01 Å². The first-order chi connectivity index (χ1) is 12.4. The minimum Gasteiger partial charge on any atom is -0.403 e. The molecule has 7 nitrogen and oxygen atoms in total. The summed E-state index contributed by atoms with van der Waals surface area (Å²) in [7, 11) is -3.27. The van der Waals surface area contributed by atoms with Crippen molar-refractivity contribution in [3.63, 3.8) is 0 Å². The highest BCUT2D eigenvalue weighted by Crippen LogP contribution is 2.22. The smallest absolute Gasteiger partial charge is 0.322 e. The maximum Gasteiger partial charge on any atom is 0.322 e. The molecule has 0 fully saturated rings. The SMILES string of the molecule is CCS(=O)(=O)c1ccc(-c2nnc(NC(=O)c3ccccc3C)o2)cc1. The molecule has 0 atom stereocenters. The van der Waals surface area contributed by atoms with Crippen LogP contribution in [0.3, 0.4) is 0 Å². The van der Waals surface area contributed by atoms with Crippen molar-refractivity contribution in [2.24, 2.45) is 0 Å². The van der Waals surface area contributed by atoms with Crippen molar-refractivity contribution in [1.29, 1.82) is 0 Å². The number of nitrogens with zero attached hydrogens (tertiary/aromatic N) is 2. The summed E-state index contributed by atoms with van der Waals surface area (Å²) in [4.78, 5) is 12.5. The predicted octanol–water partition coefficient (Wildman–Crippen LogP) is 3.09. The highest BCUT2D eigenvalue weighted by atomic mass is 32.2. The Bertz CT molecular complexity index is 1040. The van der Waals surface area contributed by atoms with Gasteiger partial charge >= 0.3 is 6.01 Å². The topological polar surface area (TPSA) is 102 Å². The molecule has 2 aromatic carbocycles. The zero-order chi connectivity index (χ0) is 18.7. The largest absolute Gasteiger partial charge is 0.403 e. The van der Waals surface area contributed by atoms with Gasteiger partial charge in [-0.15, -0.1) is 5.10 Å². The molecule has 0 aliphatic carbocycles. The standard InChI is InChI=1S/C18H17N3O4S/c1-3-26(23,24)14-10-8-13(9-11-14)17-20-21-18(25-17)19-16(22)15-7-5-4-6-12(15)2/h4-11H,3H2,1-2H3,(H,19,21,22). The third-order valence-corrected chi connectivity index (χ3v) is 5.63. The number of benzene rings is 2. The van der Waals surface area contributed by atoms with Crippen LogP contribution in [0.15, 0.2) is 57.8 Å². The van der Waals surface area contributed by atoms with Gasteiger partial charge in [0.1, 0.15) is 0 Å². The summed E-state index contributed by atoms with van der Waals surface area (Å²) in [6.45, 7) is 3.42. The predicted molar refractivity (Wildman–Crippen MR) is 96.6 cm³/mol. The summed E-state index contributed by atoms with van der Waals surface area (Å²) in [5.41, 5.74) is 1.91. The summed E-state index contributed by atoms with van der Waals surface area (Å²) >= 11 is 0. The van der Waals surface area contributed by atoms with Gasteiger partial charge in [0.15, 0.2) is 9.84 Å². The number of nitrogens with one attached hydrogen (secondary N) is 1. The zero-order valence-electron chi connectivity index (χ0n) is 14.3. The number of anilines is 1. The Balaban J connectivity index is 1.78. The molecule has 0 unspecified atom stereocenters. The first-order valence-corrected chi connectivity index (χ1v) is 9.59. The molecular weight excluding hydrogens is 354 g/mol. The molecule has 26 heavy (non-hydrogen) atoms. The molecular formula is C18H17N3O4S. The Morgan fingerprint density at radius 2 is 1.77 bits per heavy atom. The van der Waals surface area contributed by atoms with Gasteiger partial charge in [-0.3, -0.25) is 10.1 Å². The molecule has 3 aromatic rings. The Morgan fingerprint density at radius 1 is 1.08 bits per heavy atom. The van der Waals surface area contributed by atoms with E-state index in [4.69, 9.17) is 4.42 Å². The summed E-state index contributed by atoms with van der Waals surface area (Å²) < 4.78 is 29.1. The van der Waals surface area contributed by atoms with Gasteiger partial charge < -0.3 is 4.42 Å². The molecule has 0 bridgehead atoms. The minimum absolute atomic E-state index is 0.0292.